The number of amides is 3. The molecule has 0 aliphatic carbocycles. The van der Waals surface area contributed by atoms with Crippen LogP contribution in [0, 0.1) is 5.92 Å². The zero-order valence-corrected chi connectivity index (χ0v) is 16.5. The first-order valence-electron chi connectivity index (χ1n) is 9.37. The number of alkyl halides is 3. The Labute approximate surface area is 176 Å². The molecule has 3 amide bonds. The van der Waals surface area contributed by atoms with Crippen LogP contribution in [0.2, 0.25) is 0 Å². The van der Waals surface area contributed by atoms with Gasteiger partial charge < -0.3 is 20.3 Å². The van der Waals surface area contributed by atoms with Crippen LogP contribution in [0.15, 0.2) is 48.5 Å². The van der Waals surface area contributed by atoms with Crippen molar-refractivity contribution >= 4 is 29.1 Å². The molecule has 0 spiro atoms. The highest BCUT2D eigenvalue weighted by molar-refractivity contribution is 6.07. The number of nitrogens with zero attached hydrogens (tertiary/aromatic N) is 1. The maximum absolute atomic E-state index is 12.7. The molecule has 1 aliphatic heterocycles. The van der Waals surface area contributed by atoms with Gasteiger partial charge in [-0.1, -0.05) is 12.1 Å². The summed E-state index contributed by atoms with van der Waals surface area (Å²) in [5.41, 5.74) is 0.590. The summed E-state index contributed by atoms with van der Waals surface area (Å²) in [6, 6.07) is 12.6. The third-order valence-electron chi connectivity index (χ3n) is 4.76. The van der Waals surface area contributed by atoms with E-state index in [4.69, 9.17) is 4.74 Å². The Morgan fingerprint density at radius 2 is 1.81 bits per heavy atom. The standard InChI is InChI=1S/C21H20F3N3O4/c1-31-15-8-6-14(7-9-15)27-11-13(10-18(27)28)19(29)26-17-5-3-2-4-16(17)20(30)25-12-21(22,23)24/h2-9,13H,10-12H2,1H3,(H,25,30)(H,26,29). The monoisotopic (exact) mass is 435 g/mol. The van der Waals surface area contributed by atoms with E-state index in [2.05, 4.69) is 5.32 Å². The van der Waals surface area contributed by atoms with E-state index in [0.717, 1.165) is 0 Å². The van der Waals surface area contributed by atoms with Crippen LogP contribution in [0.3, 0.4) is 0 Å². The number of benzene rings is 2. The van der Waals surface area contributed by atoms with E-state index in [1.165, 1.54) is 30.2 Å². The number of rotatable bonds is 6. The third-order valence-corrected chi connectivity index (χ3v) is 4.76. The van der Waals surface area contributed by atoms with Crippen molar-refractivity contribution in [1.82, 2.24) is 5.32 Å². The molecule has 31 heavy (non-hydrogen) atoms. The molecule has 1 atom stereocenters. The molecule has 1 unspecified atom stereocenters. The van der Waals surface area contributed by atoms with Gasteiger partial charge in [-0.3, -0.25) is 14.4 Å². The first kappa shape index (κ1) is 22.1. The molecule has 0 saturated carbocycles. The number of methoxy groups -OCH3 is 1. The topological polar surface area (TPSA) is 87.7 Å². The van der Waals surface area contributed by atoms with Crippen LogP contribution in [0.25, 0.3) is 0 Å². The summed E-state index contributed by atoms with van der Waals surface area (Å²) in [6.45, 7) is -1.35. The molecule has 2 N–H and O–H groups in total. The van der Waals surface area contributed by atoms with Crippen LogP contribution in [0.4, 0.5) is 24.5 Å². The molecule has 3 rings (SSSR count). The number of hydrogen-bond acceptors (Lipinski definition) is 4. The predicted molar refractivity (Wildman–Crippen MR) is 107 cm³/mol. The Kier molecular flexibility index (Phi) is 6.47. The van der Waals surface area contributed by atoms with Gasteiger partial charge in [-0.2, -0.15) is 13.2 Å². The van der Waals surface area contributed by atoms with Gasteiger partial charge in [0, 0.05) is 18.7 Å². The number of halogens is 3. The van der Waals surface area contributed by atoms with E-state index in [-0.39, 0.29) is 30.1 Å². The molecule has 2 aromatic rings. The zero-order valence-electron chi connectivity index (χ0n) is 16.5. The number of para-hydroxylation sites is 1. The van der Waals surface area contributed by atoms with Gasteiger partial charge in [0.1, 0.15) is 12.3 Å². The Hall–Kier alpha value is -3.56. The number of nitrogens with one attached hydrogen (secondary N) is 2. The van der Waals surface area contributed by atoms with E-state index < -0.39 is 30.5 Å². The van der Waals surface area contributed by atoms with E-state index in [1.807, 2.05) is 0 Å². The molecule has 0 radical (unpaired) electrons. The van der Waals surface area contributed by atoms with Crippen LogP contribution < -0.4 is 20.3 Å². The second kappa shape index (κ2) is 9.07. The summed E-state index contributed by atoms with van der Waals surface area (Å²) in [6.07, 6.45) is -4.58. The van der Waals surface area contributed by atoms with Gasteiger partial charge in [-0.25, -0.2) is 0 Å². The van der Waals surface area contributed by atoms with Crippen molar-refractivity contribution < 1.29 is 32.3 Å². The highest BCUT2D eigenvalue weighted by Crippen LogP contribution is 2.28. The second-order valence-corrected chi connectivity index (χ2v) is 6.94. The average molecular weight is 435 g/mol. The van der Waals surface area contributed by atoms with E-state index in [0.29, 0.717) is 11.4 Å². The molecule has 1 fully saturated rings. The smallest absolute Gasteiger partial charge is 0.405 e. The Morgan fingerprint density at radius 1 is 1.13 bits per heavy atom. The average Bonchev–Trinajstić information content (AvgIpc) is 3.13. The normalized spacial score (nSPS) is 16.2. The number of anilines is 2. The van der Waals surface area contributed by atoms with Crippen molar-refractivity contribution in [3.8, 4) is 5.75 Å². The lowest BCUT2D eigenvalue weighted by Crippen LogP contribution is -2.34. The van der Waals surface area contributed by atoms with Crippen LogP contribution in [0.5, 0.6) is 5.75 Å². The molecule has 0 aromatic heterocycles. The first-order valence-corrected chi connectivity index (χ1v) is 9.37. The number of ether oxygens (including phenoxy) is 1. The largest absolute Gasteiger partial charge is 0.497 e. The second-order valence-electron chi connectivity index (χ2n) is 6.94. The highest BCUT2D eigenvalue weighted by Gasteiger charge is 2.35. The summed E-state index contributed by atoms with van der Waals surface area (Å²) in [5.74, 6) is -1.75. The van der Waals surface area contributed by atoms with Crippen molar-refractivity contribution in [1.29, 1.82) is 0 Å². The van der Waals surface area contributed by atoms with Crippen LogP contribution >= 0.6 is 0 Å². The summed E-state index contributed by atoms with van der Waals surface area (Å²) in [4.78, 5) is 38.7. The van der Waals surface area contributed by atoms with Crippen molar-refractivity contribution in [3.63, 3.8) is 0 Å². The van der Waals surface area contributed by atoms with Crippen LogP contribution in [-0.2, 0) is 9.59 Å². The number of carbonyl (C=O) groups excluding carboxylic acids is 3. The van der Waals surface area contributed by atoms with Gasteiger partial charge in [-0.05, 0) is 36.4 Å². The lowest BCUT2D eigenvalue weighted by atomic mass is 10.1. The number of carbonyl (C=O) groups is 3. The predicted octanol–water partition coefficient (Wildman–Crippen LogP) is 2.98. The third kappa shape index (κ3) is 5.53. The minimum absolute atomic E-state index is 0.0275. The van der Waals surface area contributed by atoms with Crippen molar-refractivity contribution in [2.24, 2.45) is 5.92 Å². The lowest BCUT2D eigenvalue weighted by molar-refractivity contribution is -0.123. The van der Waals surface area contributed by atoms with Gasteiger partial charge in [0.2, 0.25) is 11.8 Å². The van der Waals surface area contributed by atoms with Crippen LogP contribution in [-0.4, -0.2) is 44.1 Å². The first-order chi connectivity index (χ1) is 14.7. The molecule has 1 aliphatic rings. The molecule has 10 heteroatoms. The van der Waals surface area contributed by atoms with E-state index in [1.54, 1.807) is 35.6 Å². The maximum atomic E-state index is 12.7. The van der Waals surface area contributed by atoms with Crippen molar-refractivity contribution in [2.45, 2.75) is 12.6 Å². The Balaban J connectivity index is 1.68. The van der Waals surface area contributed by atoms with Gasteiger partial charge >= 0.3 is 6.18 Å². The molecule has 0 bridgehead atoms. The Bertz CT molecular complexity index is 977. The van der Waals surface area contributed by atoms with Gasteiger partial charge in [0.25, 0.3) is 5.91 Å². The summed E-state index contributed by atoms with van der Waals surface area (Å²) >= 11 is 0. The van der Waals surface area contributed by atoms with E-state index >= 15 is 0 Å². The van der Waals surface area contributed by atoms with Crippen LogP contribution in [0.1, 0.15) is 16.8 Å². The molecule has 7 nitrogen and oxygen atoms in total. The summed E-state index contributed by atoms with van der Waals surface area (Å²) < 4.78 is 42.2. The summed E-state index contributed by atoms with van der Waals surface area (Å²) in [7, 11) is 1.53. The summed E-state index contributed by atoms with van der Waals surface area (Å²) in [5, 5.41) is 4.34. The fourth-order valence-electron chi connectivity index (χ4n) is 3.20. The molecule has 2 aromatic carbocycles. The van der Waals surface area contributed by atoms with Gasteiger partial charge in [-0.15, -0.1) is 0 Å². The SMILES string of the molecule is COc1ccc(N2CC(C(=O)Nc3ccccc3C(=O)NCC(F)(F)F)CC2=O)cc1. The minimum atomic E-state index is -4.55. The minimum Gasteiger partial charge on any atom is -0.497 e. The quantitative estimate of drug-likeness (QED) is 0.730. The zero-order chi connectivity index (χ0) is 22.6. The fraction of sp³-hybridized carbons (Fsp3) is 0.286. The van der Waals surface area contributed by atoms with E-state index in [9.17, 15) is 27.6 Å². The fourth-order valence-corrected chi connectivity index (χ4v) is 3.20. The van der Waals surface area contributed by atoms with Gasteiger partial charge in [0.05, 0.1) is 24.3 Å². The molecular formula is C21H20F3N3O4. The Morgan fingerprint density at radius 3 is 2.45 bits per heavy atom. The lowest BCUT2D eigenvalue weighted by Gasteiger charge is -2.17. The van der Waals surface area contributed by atoms with Gasteiger partial charge in [0.15, 0.2) is 0 Å². The number of hydrogen-bond donors (Lipinski definition) is 2. The molecule has 1 saturated heterocycles. The highest BCUT2D eigenvalue weighted by atomic mass is 19.4. The van der Waals surface area contributed by atoms with Crippen molar-refractivity contribution in [3.05, 3.63) is 54.1 Å². The molecular weight excluding hydrogens is 415 g/mol. The maximum Gasteiger partial charge on any atom is 0.405 e. The molecule has 1 heterocycles. The van der Waals surface area contributed by atoms with Crippen molar-refractivity contribution in [2.75, 3.05) is 30.4 Å². The molecule has 164 valence electrons.